The zero-order valence-electron chi connectivity index (χ0n) is 8.93. The van der Waals surface area contributed by atoms with E-state index in [1.54, 1.807) is 26.0 Å². The van der Waals surface area contributed by atoms with E-state index in [0.29, 0.717) is 17.0 Å². The van der Waals surface area contributed by atoms with Crippen LogP contribution in [0.25, 0.3) is 0 Å². The molecule has 0 radical (unpaired) electrons. The van der Waals surface area contributed by atoms with Crippen molar-refractivity contribution in [1.82, 2.24) is 5.43 Å². The van der Waals surface area contributed by atoms with Gasteiger partial charge in [0.15, 0.2) is 6.23 Å². The number of aryl methyl sites for hydroxylation is 1. The molecule has 1 aliphatic heterocycles. The number of nitro benzene ring substituents is 1. The van der Waals surface area contributed by atoms with E-state index in [-0.39, 0.29) is 11.9 Å². The molecule has 6 heteroatoms. The number of hydrogen-bond donors (Lipinski definition) is 1. The molecule has 2 rings (SSSR count). The van der Waals surface area contributed by atoms with Crippen LogP contribution in [0.5, 0.6) is 0 Å². The summed E-state index contributed by atoms with van der Waals surface area (Å²) in [6, 6.07) is 4.90. The summed E-state index contributed by atoms with van der Waals surface area (Å²) in [4.78, 5) is 10.4. The van der Waals surface area contributed by atoms with Crippen molar-refractivity contribution in [3.8, 4) is 0 Å². The largest absolute Gasteiger partial charge is 0.451 e. The van der Waals surface area contributed by atoms with Crippen molar-refractivity contribution in [2.45, 2.75) is 20.1 Å². The van der Waals surface area contributed by atoms with Crippen LogP contribution in [0.15, 0.2) is 23.3 Å². The highest BCUT2D eigenvalue weighted by molar-refractivity contribution is 5.95. The van der Waals surface area contributed by atoms with Gasteiger partial charge in [0.1, 0.15) is 0 Å². The minimum atomic E-state index is -0.412. The summed E-state index contributed by atoms with van der Waals surface area (Å²) >= 11 is 0. The Kier molecular flexibility index (Phi) is 2.47. The van der Waals surface area contributed by atoms with E-state index in [1.807, 2.05) is 0 Å². The zero-order chi connectivity index (χ0) is 11.7. The van der Waals surface area contributed by atoms with Gasteiger partial charge < -0.3 is 4.74 Å². The fourth-order valence-corrected chi connectivity index (χ4v) is 1.44. The van der Waals surface area contributed by atoms with E-state index >= 15 is 0 Å². The molecule has 0 spiro atoms. The van der Waals surface area contributed by atoms with Crippen LogP contribution < -0.4 is 5.43 Å². The normalized spacial score (nSPS) is 18.6. The second kappa shape index (κ2) is 3.80. The summed E-state index contributed by atoms with van der Waals surface area (Å²) in [5, 5.41) is 14.7. The van der Waals surface area contributed by atoms with Gasteiger partial charge in [0, 0.05) is 17.2 Å². The van der Waals surface area contributed by atoms with Crippen LogP contribution in [0.4, 0.5) is 5.69 Å². The molecule has 0 aliphatic carbocycles. The van der Waals surface area contributed by atoms with Gasteiger partial charge in [-0.25, -0.2) is 0 Å². The van der Waals surface area contributed by atoms with Gasteiger partial charge in [-0.3, -0.25) is 15.5 Å². The smallest absolute Gasteiger partial charge is 0.273 e. The van der Waals surface area contributed by atoms with Gasteiger partial charge in [-0.1, -0.05) is 6.07 Å². The lowest BCUT2D eigenvalue weighted by Gasteiger charge is -2.05. The van der Waals surface area contributed by atoms with Crippen molar-refractivity contribution in [3.63, 3.8) is 0 Å². The molecule has 84 valence electrons. The molecule has 0 amide bonds. The number of nitrogens with zero attached hydrogens (tertiary/aromatic N) is 2. The molecule has 0 saturated heterocycles. The number of benzene rings is 1. The van der Waals surface area contributed by atoms with E-state index in [9.17, 15) is 10.1 Å². The molecular weight excluding hydrogens is 210 g/mol. The van der Waals surface area contributed by atoms with Crippen molar-refractivity contribution in [3.05, 3.63) is 39.4 Å². The van der Waals surface area contributed by atoms with Gasteiger partial charge in [0.05, 0.1) is 4.92 Å². The minimum absolute atomic E-state index is 0.0725. The highest BCUT2D eigenvalue weighted by atomic mass is 16.6. The minimum Gasteiger partial charge on any atom is -0.451 e. The van der Waals surface area contributed by atoms with Gasteiger partial charge >= 0.3 is 0 Å². The monoisotopic (exact) mass is 221 g/mol. The summed E-state index contributed by atoms with van der Waals surface area (Å²) < 4.78 is 5.34. The second-order valence-corrected chi connectivity index (χ2v) is 3.56. The maximum Gasteiger partial charge on any atom is 0.273 e. The van der Waals surface area contributed by atoms with Crippen molar-refractivity contribution in [2.75, 3.05) is 0 Å². The summed E-state index contributed by atoms with van der Waals surface area (Å²) in [6.45, 7) is 3.50. The van der Waals surface area contributed by atoms with Crippen molar-refractivity contribution < 1.29 is 9.66 Å². The SMILES string of the molecule is Cc1ccc(C2=NNC(C)O2)cc1[N+](=O)[O-]. The Hall–Kier alpha value is -2.11. The van der Waals surface area contributed by atoms with Gasteiger partial charge in [0.2, 0.25) is 5.90 Å². The number of hydrogen-bond acceptors (Lipinski definition) is 5. The van der Waals surface area contributed by atoms with E-state index in [4.69, 9.17) is 4.74 Å². The van der Waals surface area contributed by atoms with E-state index in [1.165, 1.54) is 6.07 Å². The Bertz CT molecular complexity index is 470. The molecule has 0 bridgehead atoms. The van der Waals surface area contributed by atoms with Gasteiger partial charge in [-0.15, -0.1) is 5.10 Å². The maximum absolute atomic E-state index is 10.8. The first kappa shape index (κ1) is 10.4. The average Bonchev–Trinajstić information content (AvgIpc) is 2.65. The molecule has 1 aromatic carbocycles. The topological polar surface area (TPSA) is 76.8 Å². The fourth-order valence-electron chi connectivity index (χ4n) is 1.44. The van der Waals surface area contributed by atoms with Crippen LogP contribution in [-0.4, -0.2) is 17.0 Å². The summed E-state index contributed by atoms with van der Waals surface area (Å²) in [6.07, 6.45) is -0.199. The standard InChI is InChI=1S/C10H11N3O3/c1-6-3-4-8(5-9(6)13(14)15)10-12-11-7(2)16-10/h3-5,7,11H,1-2H3. The predicted molar refractivity (Wildman–Crippen MR) is 58.1 cm³/mol. The van der Waals surface area contributed by atoms with Crippen molar-refractivity contribution in [1.29, 1.82) is 0 Å². The molecule has 1 aliphatic rings. The molecule has 1 unspecified atom stereocenters. The van der Waals surface area contributed by atoms with Crippen LogP contribution >= 0.6 is 0 Å². The quantitative estimate of drug-likeness (QED) is 0.606. The molecule has 16 heavy (non-hydrogen) atoms. The predicted octanol–water partition coefficient (Wildman–Crippen LogP) is 1.53. The lowest BCUT2D eigenvalue weighted by molar-refractivity contribution is -0.385. The lowest BCUT2D eigenvalue weighted by atomic mass is 10.1. The van der Waals surface area contributed by atoms with Crippen LogP contribution in [0.1, 0.15) is 18.1 Å². The van der Waals surface area contributed by atoms with Crippen LogP contribution in [-0.2, 0) is 4.74 Å². The van der Waals surface area contributed by atoms with E-state index in [2.05, 4.69) is 10.5 Å². The first-order valence-corrected chi connectivity index (χ1v) is 4.83. The van der Waals surface area contributed by atoms with Crippen LogP contribution in [0, 0.1) is 17.0 Å². The van der Waals surface area contributed by atoms with E-state index < -0.39 is 4.92 Å². The zero-order valence-corrected chi connectivity index (χ0v) is 8.93. The molecular formula is C10H11N3O3. The number of nitrogens with one attached hydrogen (secondary N) is 1. The molecule has 1 atom stereocenters. The molecule has 1 heterocycles. The Morgan fingerprint density at radius 2 is 2.31 bits per heavy atom. The van der Waals surface area contributed by atoms with Gasteiger partial charge in [-0.05, 0) is 19.9 Å². The molecule has 1 aromatic rings. The van der Waals surface area contributed by atoms with Gasteiger partial charge in [-0.2, -0.15) is 0 Å². The second-order valence-electron chi connectivity index (χ2n) is 3.56. The number of nitro groups is 1. The molecule has 1 N–H and O–H groups in total. The van der Waals surface area contributed by atoms with Crippen LogP contribution in [0.3, 0.4) is 0 Å². The average molecular weight is 221 g/mol. The third-order valence-electron chi connectivity index (χ3n) is 2.29. The molecule has 0 saturated carbocycles. The third-order valence-corrected chi connectivity index (χ3v) is 2.29. The number of rotatable bonds is 2. The summed E-state index contributed by atoms with van der Waals surface area (Å²) in [7, 11) is 0. The Morgan fingerprint density at radius 1 is 1.56 bits per heavy atom. The molecule has 0 aromatic heterocycles. The Morgan fingerprint density at radius 3 is 2.88 bits per heavy atom. The summed E-state index contributed by atoms with van der Waals surface area (Å²) in [5.74, 6) is 0.385. The molecule has 6 nitrogen and oxygen atoms in total. The Balaban J connectivity index is 2.37. The third kappa shape index (κ3) is 1.81. The number of ether oxygens (including phenoxy) is 1. The first-order chi connectivity index (χ1) is 7.58. The highest BCUT2D eigenvalue weighted by Gasteiger charge is 2.19. The first-order valence-electron chi connectivity index (χ1n) is 4.83. The van der Waals surface area contributed by atoms with E-state index in [0.717, 1.165) is 0 Å². The maximum atomic E-state index is 10.8. The fraction of sp³-hybridized carbons (Fsp3) is 0.300. The Labute approximate surface area is 92.1 Å². The van der Waals surface area contributed by atoms with Crippen molar-refractivity contribution in [2.24, 2.45) is 5.10 Å². The highest BCUT2D eigenvalue weighted by Crippen LogP contribution is 2.21. The molecule has 0 fully saturated rings. The summed E-state index contributed by atoms with van der Waals surface area (Å²) in [5.41, 5.74) is 4.02. The van der Waals surface area contributed by atoms with Crippen molar-refractivity contribution >= 4 is 11.6 Å². The van der Waals surface area contributed by atoms with Crippen LogP contribution in [0.2, 0.25) is 0 Å². The lowest BCUT2D eigenvalue weighted by Crippen LogP contribution is -2.16. The number of hydrazone groups is 1. The van der Waals surface area contributed by atoms with Gasteiger partial charge in [0.25, 0.3) is 5.69 Å².